The minimum atomic E-state index is 0.541. The van der Waals surface area contributed by atoms with E-state index in [0.717, 1.165) is 55.3 Å². The molecule has 0 amide bonds. The van der Waals surface area contributed by atoms with Crippen LogP contribution in [0.2, 0.25) is 0 Å². The molecule has 4 aliphatic carbocycles. The topological polar surface area (TPSA) is 21.3 Å². The van der Waals surface area contributed by atoms with Gasteiger partial charge in [-0.05, 0) is 124 Å². The Labute approximate surface area is 203 Å². The fraction of sp³-hybridized carbons (Fsp3) is 0.806. The maximum Gasteiger partial charge on any atom is 0.0494 e. The number of benzene rings is 1. The lowest BCUT2D eigenvalue weighted by molar-refractivity contribution is -0.123. The molecule has 9 atom stereocenters. The second-order valence-electron chi connectivity index (χ2n) is 12.8. The molecule has 0 heterocycles. The fourth-order valence-electron chi connectivity index (χ4n) is 9.66. The molecule has 33 heavy (non-hydrogen) atoms. The van der Waals surface area contributed by atoms with Crippen molar-refractivity contribution in [1.82, 2.24) is 5.32 Å². The quantitative estimate of drug-likeness (QED) is 0.464. The van der Waals surface area contributed by atoms with Gasteiger partial charge in [-0.25, -0.2) is 0 Å². The summed E-state index contributed by atoms with van der Waals surface area (Å²) in [6, 6.07) is 11.6. The van der Waals surface area contributed by atoms with E-state index in [9.17, 15) is 0 Å². The largest absolute Gasteiger partial charge is 0.381 e. The molecule has 0 radical (unpaired) electrons. The number of fused-ring (bicyclic) bond motifs is 5. The molecule has 2 heteroatoms. The molecule has 0 bridgehead atoms. The highest BCUT2D eigenvalue weighted by Gasteiger charge is 2.60. The molecule has 4 fully saturated rings. The van der Waals surface area contributed by atoms with Crippen molar-refractivity contribution in [2.24, 2.45) is 46.3 Å². The summed E-state index contributed by atoms with van der Waals surface area (Å²) in [5.74, 6) is 5.53. The average Bonchev–Trinajstić information content (AvgIpc) is 3.19. The normalized spacial score (nSPS) is 43.4. The molecular formula is C31H49NO. The van der Waals surface area contributed by atoms with E-state index in [1.807, 2.05) is 0 Å². The van der Waals surface area contributed by atoms with Crippen LogP contribution < -0.4 is 5.32 Å². The van der Waals surface area contributed by atoms with Crippen molar-refractivity contribution in [1.29, 1.82) is 0 Å². The van der Waals surface area contributed by atoms with Crippen molar-refractivity contribution in [3.8, 4) is 0 Å². The third-order valence-corrected chi connectivity index (χ3v) is 11.5. The van der Waals surface area contributed by atoms with Crippen molar-refractivity contribution < 1.29 is 4.74 Å². The number of hydrogen-bond donors (Lipinski definition) is 1. The Morgan fingerprint density at radius 1 is 0.939 bits per heavy atom. The summed E-state index contributed by atoms with van der Waals surface area (Å²) in [5, 5.41) is 3.93. The van der Waals surface area contributed by atoms with Crippen LogP contribution in [0.3, 0.4) is 0 Å². The van der Waals surface area contributed by atoms with Gasteiger partial charge in [-0.2, -0.15) is 0 Å². The third kappa shape index (κ3) is 4.33. The van der Waals surface area contributed by atoms with E-state index in [4.69, 9.17) is 4.74 Å². The van der Waals surface area contributed by atoms with Gasteiger partial charge < -0.3 is 10.1 Å². The molecule has 4 aliphatic rings. The van der Waals surface area contributed by atoms with Gasteiger partial charge in [0.25, 0.3) is 0 Å². The SMILES string of the molecule is CCOC[C@H]1CC[C@]2(C)C3CC[C@@]4(C)C(CC[C@@H]4[C@H](C)NCc4ccccc4)[C@@H]3CC[C@@H]2C1. The molecule has 4 saturated carbocycles. The van der Waals surface area contributed by atoms with Gasteiger partial charge >= 0.3 is 0 Å². The predicted octanol–water partition coefficient (Wildman–Crippen LogP) is 7.48. The molecule has 0 saturated heterocycles. The molecule has 2 unspecified atom stereocenters. The zero-order chi connectivity index (χ0) is 23.1. The minimum absolute atomic E-state index is 0.541. The zero-order valence-electron chi connectivity index (χ0n) is 21.8. The standard InChI is InChI=1S/C31H49NO/c1-5-33-21-24-15-17-30(3)25(19-24)11-12-26-28-14-13-27(31(28,4)18-16-29(26)30)22(2)32-20-23-9-7-6-8-10-23/h6-10,22,24-29,32H,5,11-21H2,1-4H3/t22-,24-,25+,26-,27+,28?,29?,30-,31+/m0/s1. The van der Waals surface area contributed by atoms with Gasteiger partial charge in [0.15, 0.2) is 0 Å². The predicted molar refractivity (Wildman–Crippen MR) is 138 cm³/mol. The van der Waals surface area contributed by atoms with Crippen LogP contribution in [0.1, 0.15) is 91.0 Å². The first-order valence-electron chi connectivity index (χ1n) is 14.3. The number of rotatable bonds is 7. The van der Waals surface area contributed by atoms with E-state index in [2.05, 4.69) is 63.3 Å². The smallest absolute Gasteiger partial charge is 0.0494 e. The first-order valence-corrected chi connectivity index (χ1v) is 14.3. The van der Waals surface area contributed by atoms with Crippen LogP contribution >= 0.6 is 0 Å². The Bertz CT molecular complexity index is 778. The van der Waals surface area contributed by atoms with Gasteiger partial charge in [-0.1, -0.05) is 44.2 Å². The highest BCUT2D eigenvalue weighted by atomic mass is 16.5. The third-order valence-electron chi connectivity index (χ3n) is 11.5. The van der Waals surface area contributed by atoms with E-state index in [0.29, 0.717) is 16.9 Å². The van der Waals surface area contributed by atoms with Gasteiger partial charge in [0.05, 0.1) is 0 Å². The van der Waals surface area contributed by atoms with E-state index in [1.54, 1.807) is 0 Å². The van der Waals surface area contributed by atoms with E-state index < -0.39 is 0 Å². The maximum atomic E-state index is 5.84. The first-order chi connectivity index (χ1) is 16.0. The van der Waals surface area contributed by atoms with Crippen molar-refractivity contribution in [2.45, 2.75) is 98.1 Å². The number of nitrogens with one attached hydrogen (secondary N) is 1. The van der Waals surface area contributed by atoms with E-state index in [-0.39, 0.29) is 0 Å². The summed E-state index contributed by atoms with van der Waals surface area (Å²) in [6.45, 7) is 12.9. The van der Waals surface area contributed by atoms with Crippen LogP contribution in [0, 0.1) is 46.3 Å². The van der Waals surface area contributed by atoms with Crippen LogP contribution in [-0.4, -0.2) is 19.3 Å². The molecule has 0 spiro atoms. The molecular weight excluding hydrogens is 402 g/mol. The zero-order valence-corrected chi connectivity index (χ0v) is 21.8. The Balaban J connectivity index is 1.25. The molecule has 0 aliphatic heterocycles. The van der Waals surface area contributed by atoms with Crippen LogP contribution in [0.15, 0.2) is 30.3 Å². The van der Waals surface area contributed by atoms with Crippen LogP contribution in [0.4, 0.5) is 0 Å². The number of ether oxygens (including phenoxy) is 1. The van der Waals surface area contributed by atoms with Crippen molar-refractivity contribution in [3.05, 3.63) is 35.9 Å². The summed E-state index contributed by atoms with van der Waals surface area (Å²) >= 11 is 0. The van der Waals surface area contributed by atoms with E-state index in [1.165, 1.54) is 63.4 Å². The monoisotopic (exact) mass is 451 g/mol. The van der Waals surface area contributed by atoms with Crippen LogP contribution in [0.5, 0.6) is 0 Å². The molecule has 1 aromatic rings. The lowest BCUT2D eigenvalue weighted by atomic mass is 9.44. The lowest BCUT2D eigenvalue weighted by Gasteiger charge is -2.61. The Morgan fingerprint density at radius 2 is 1.70 bits per heavy atom. The fourth-order valence-corrected chi connectivity index (χ4v) is 9.66. The van der Waals surface area contributed by atoms with Crippen molar-refractivity contribution >= 4 is 0 Å². The summed E-state index contributed by atoms with van der Waals surface area (Å²) in [5.41, 5.74) is 2.56. The molecule has 184 valence electrons. The van der Waals surface area contributed by atoms with Crippen molar-refractivity contribution in [3.63, 3.8) is 0 Å². The summed E-state index contributed by atoms with van der Waals surface area (Å²) < 4.78 is 5.84. The van der Waals surface area contributed by atoms with Gasteiger partial charge in [0.1, 0.15) is 0 Å². The highest BCUT2D eigenvalue weighted by molar-refractivity contribution is 5.15. The second-order valence-corrected chi connectivity index (χ2v) is 12.8. The summed E-state index contributed by atoms with van der Waals surface area (Å²) in [4.78, 5) is 0. The van der Waals surface area contributed by atoms with Gasteiger partial charge in [-0.15, -0.1) is 0 Å². The molecule has 0 aromatic heterocycles. The second kappa shape index (κ2) is 9.65. The highest BCUT2D eigenvalue weighted by Crippen LogP contribution is 2.68. The Kier molecular flexibility index (Phi) is 6.98. The van der Waals surface area contributed by atoms with Gasteiger partial charge in [0, 0.05) is 25.8 Å². The van der Waals surface area contributed by atoms with E-state index >= 15 is 0 Å². The van der Waals surface area contributed by atoms with Gasteiger partial charge in [0.2, 0.25) is 0 Å². The van der Waals surface area contributed by atoms with Crippen LogP contribution in [0.25, 0.3) is 0 Å². The molecule has 2 nitrogen and oxygen atoms in total. The summed E-state index contributed by atoms with van der Waals surface area (Å²) in [6.07, 6.45) is 13.2. The maximum absolute atomic E-state index is 5.84. The number of hydrogen-bond acceptors (Lipinski definition) is 2. The molecule has 5 rings (SSSR count). The molecule has 1 N–H and O–H groups in total. The summed E-state index contributed by atoms with van der Waals surface area (Å²) in [7, 11) is 0. The van der Waals surface area contributed by atoms with Crippen molar-refractivity contribution in [2.75, 3.05) is 13.2 Å². The Hall–Kier alpha value is -0.860. The average molecular weight is 452 g/mol. The lowest BCUT2D eigenvalue weighted by Crippen LogP contribution is -2.54. The Morgan fingerprint density at radius 3 is 2.48 bits per heavy atom. The van der Waals surface area contributed by atoms with Gasteiger partial charge in [-0.3, -0.25) is 0 Å². The van der Waals surface area contributed by atoms with Crippen LogP contribution in [-0.2, 0) is 11.3 Å². The first kappa shape index (κ1) is 23.9. The molecule has 1 aromatic carbocycles. The minimum Gasteiger partial charge on any atom is -0.381 e.